The van der Waals surface area contributed by atoms with Crippen molar-refractivity contribution in [3.8, 4) is 11.5 Å². The molecule has 0 saturated carbocycles. The fraction of sp³-hybridized carbons (Fsp3) is 0.250. The molecule has 3 rings (SSSR count). The quantitative estimate of drug-likeness (QED) is 0.411. The third-order valence-electron chi connectivity index (χ3n) is 4.69. The zero-order chi connectivity index (χ0) is 21.3. The maximum Gasteiger partial charge on any atom is 0.328 e. The minimum absolute atomic E-state index is 0.230. The lowest BCUT2D eigenvalue weighted by Gasteiger charge is -2.15. The minimum atomic E-state index is -0.752. The smallest absolute Gasteiger partial charge is 0.328 e. The lowest BCUT2D eigenvalue weighted by Crippen LogP contribution is -2.42. The van der Waals surface area contributed by atoms with Gasteiger partial charge >= 0.3 is 5.97 Å². The molecule has 1 aliphatic heterocycles. The topological polar surface area (TPSA) is 73.9 Å². The summed E-state index contributed by atoms with van der Waals surface area (Å²) in [5.41, 5.74) is 2.86. The van der Waals surface area contributed by atoms with Crippen LogP contribution in [0.4, 0.5) is 0 Å². The molecule has 30 heavy (non-hydrogen) atoms. The average Bonchev–Trinajstić information content (AvgIpc) is 3.24. The number of carbonyl (C=O) groups is 2. The maximum absolute atomic E-state index is 12.4. The van der Waals surface area contributed by atoms with E-state index in [0.717, 1.165) is 28.9 Å². The van der Waals surface area contributed by atoms with Crippen molar-refractivity contribution in [3.63, 3.8) is 0 Å². The maximum atomic E-state index is 12.4. The molecule has 156 valence electrons. The van der Waals surface area contributed by atoms with Crippen LogP contribution in [0, 0.1) is 0 Å². The summed E-state index contributed by atoms with van der Waals surface area (Å²) in [6, 6.07) is 14.4. The summed E-state index contributed by atoms with van der Waals surface area (Å²) in [4.78, 5) is 24.5. The number of amides is 1. The zero-order valence-corrected chi connectivity index (χ0v) is 17.1. The number of carbonyl (C=O) groups excluding carboxylic acids is 2. The Labute approximate surface area is 176 Å². The largest absolute Gasteiger partial charge is 0.467 e. The number of hydrogen-bond acceptors (Lipinski definition) is 5. The summed E-state index contributed by atoms with van der Waals surface area (Å²) in [7, 11) is 1.31. The molecule has 0 bridgehead atoms. The molecule has 0 spiro atoms. The number of hydrogen-bond donors (Lipinski definition) is 1. The monoisotopic (exact) mass is 407 g/mol. The van der Waals surface area contributed by atoms with Crippen LogP contribution >= 0.6 is 0 Å². The Bertz CT molecular complexity index is 949. The Morgan fingerprint density at radius 3 is 2.60 bits per heavy atom. The molecular weight excluding hydrogens is 382 g/mol. The van der Waals surface area contributed by atoms with Gasteiger partial charge in [-0.25, -0.2) is 4.79 Å². The first-order valence-electron chi connectivity index (χ1n) is 9.79. The highest BCUT2D eigenvalue weighted by Crippen LogP contribution is 2.33. The second-order valence-electron chi connectivity index (χ2n) is 6.79. The van der Waals surface area contributed by atoms with E-state index in [2.05, 4.69) is 5.32 Å². The predicted molar refractivity (Wildman–Crippen MR) is 114 cm³/mol. The van der Waals surface area contributed by atoms with Gasteiger partial charge in [-0.2, -0.15) is 0 Å². The minimum Gasteiger partial charge on any atom is -0.467 e. The van der Waals surface area contributed by atoms with Crippen molar-refractivity contribution < 1.29 is 23.8 Å². The van der Waals surface area contributed by atoms with Crippen LogP contribution in [-0.2, 0) is 20.7 Å². The number of methoxy groups -OCH3 is 1. The molecule has 1 heterocycles. The van der Waals surface area contributed by atoms with Gasteiger partial charge in [0.2, 0.25) is 12.7 Å². The standard InChI is InChI=1S/C24H25NO5/c1-3-17(13-19-9-11-21-22(15-19)30-16-29-21)10-12-23(26)25-20(24(27)28-2)14-18-7-5-4-6-8-18/h4-13,15,20H,3,14,16H2,1-2H3,(H,25,26)/b12-10+,17-13+/t20-/m0/s1. The lowest BCUT2D eigenvalue weighted by atomic mass is 10.1. The molecule has 0 saturated heterocycles. The van der Waals surface area contributed by atoms with Gasteiger partial charge in [0, 0.05) is 12.5 Å². The summed E-state index contributed by atoms with van der Waals surface area (Å²) in [5.74, 6) is 0.605. The number of rotatable bonds is 8. The average molecular weight is 407 g/mol. The van der Waals surface area contributed by atoms with Gasteiger partial charge in [0.05, 0.1) is 7.11 Å². The Balaban J connectivity index is 1.66. The predicted octanol–water partition coefficient (Wildman–Crippen LogP) is 3.67. The number of esters is 1. The number of allylic oxidation sites excluding steroid dienone is 2. The highest BCUT2D eigenvalue weighted by Gasteiger charge is 2.21. The molecule has 0 aliphatic carbocycles. The molecule has 1 amide bonds. The molecule has 2 aromatic carbocycles. The number of ether oxygens (including phenoxy) is 3. The van der Waals surface area contributed by atoms with Crippen molar-refractivity contribution in [3.05, 3.63) is 77.4 Å². The van der Waals surface area contributed by atoms with Gasteiger partial charge < -0.3 is 19.5 Å². The van der Waals surface area contributed by atoms with Crippen molar-refractivity contribution in [1.82, 2.24) is 5.32 Å². The van der Waals surface area contributed by atoms with Gasteiger partial charge in [-0.05, 0) is 35.3 Å². The van der Waals surface area contributed by atoms with Crippen molar-refractivity contribution in [2.75, 3.05) is 13.9 Å². The van der Waals surface area contributed by atoms with Crippen molar-refractivity contribution in [2.45, 2.75) is 25.8 Å². The molecule has 6 nitrogen and oxygen atoms in total. The van der Waals surface area contributed by atoms with E-state index in [-0.39, 0.29) is 12.7 Å². The van der Waals surface area contributed by atoms with Crippen LogP contribution in [-0.4, -0.2) is 31.8 Å². The molecule has 6 heteroatoms. The van der Waals surface area contributed by atoms with Crippen molar-refractivity contribution in [1.29, 1.82) is 0 Å². The molecule has 0 fully saturated rings. The summed E-state index contributed by atoms with van der Waals surface area (Å²) in [6.07, 6.45) is 6.26. The van der Waals surface area contributed by atoms with E-state index in [1.54, 1.807) is 6.08 Å². The van der Waals surface area contributed by atoms with Crippen LogP contribution in [0.3, 0.4) is 0 Å². The Morgan fingerprint density at radius 1 is 1.10 bits per heavy atom. The molecule has 1 atom stereocenters. The van der Waals surface area contributed by atoms with Crippen molar-refractivity contribution in [2.24, 2.45) is 0 Å². The van der Waals surface area contributed by atoms with E-state index in [1.165, 1.54) is 13.2 Å². The van der Waals surface area contributed by atoms with Crippen molar-refractivity contribution >= 4 is 18.0 Å². The third kappa shape index (κ3) is 5.73. The lowest BCUT2D eigenvalue weighted by molar-refractivity contribution is -0.144. The van der Waals surface area contributed by atoms with Crippen LogP contribution in [0.5, 0.6) is 11.5 Å². The molecule has 1 N–H and O–H groups in total. The molecule has 0 unspecified atom stereocenters. The van der Waals surface area contributed by atoms with E-state index in [9.17, 15) is 9.59 Å². The first kappa shape index (κ1) is 21.2. The zero-order valence-electron chi connectivity index (χ0n) is 17.1. The molecule has 0 radical (unpaired) electrons. The van der Waals surface area contributed by atoms with E-state index >= 15 is 0 Å². The number of nitrogens with one attached hydrogen (secondary N) is 1. The van der Waals surface area contributed by atoms with E-state index < -0.39 is 12.0 Å². The fourth-order valence-corrected chi connectivity index (χ4v) is 3.07. The van der Waals surface area contributed by atoms with Crippen LogP contribution in [0.25, 0.3) is 6.08 Å². The second kappa shape index (κ2) is 10.3. The van der Waals surface area contributed by atoms with Crippen LogP contribution in [0.1, 0.15) is 24.5 Å². The van der Waals surface area contributed by atoms with Crippen LogP contribution in [0.15, 0.2) is 66.3 Å². The van der Waals surface area contributed by atoms with Gasteiger partial charge in [-0.3, -0.25) is 4.79 Å². The van der Waals surface area contributed by atoms with Gasteiger partial charge in [0.15, 0.2) is 11.5 Å². The molecule has 2 aromatic rings. The first-order valence-corrected chi connectivity index (χ1v) is 9.79. The normalized spacial score (nSPS) is 13.9. The van der Waals surface area contributed by atoms with Gasteiger partial charge in [0.1, 0.15) is 6.04 Å². The number of fused-ring (bicyclic) bond motifs is 1. The molecule has 0 aromatic heterocycles. The Kier molecular flexibility index (Phi) is 7.27. The Hall–Kier alpha value is -3.54. The molecular formula is C24H25NO5. The summed E-state index contributed by atoms with van der Waals surface area (Å²) in [6.45, 7) is 2.24. The van der Waals surface area contributed by atoms with E-state index in [0.29, 0.717) is 12.2 Å². The van der Waals surface area contributed by atoms with E-state index in [4.69, 9.17) is 14.2 Å². The summed E-state index contributed by atoms with van der Waals surface area (Å²) in [5, 5.41) is 2.73. The first-order chi connectivity index (χ1) is 14.6. The van der Waals surface area contributed by atoms with Gasteiger partial charge in [-0.15, -0.1) is 0 Å². The number of benzene rings is 2. The summed E-state index contributed by atoms with van der Waals surface area (Å²) < 4.78 is 15.6. The summed E-state index contributed by atoms with van der Waals surface area (Å²) >= 11 is 0. The third-order valence-corrected chi connectivity index (χ3v) is 4.69. The fourth-order valence-electron chi connectivity index (χ4n) is 3.07. The van der Waals surface area contributed by atoms with Crippen LogP contribution < -0.4 is 14.8 Å². The second-order valence-corrected chi connectivity index (χ2v) is 6.79. The highest BCUT2D eigenvalue weighted by molar-refractivity contribution is 5.92. The van der Waals surface area contributed by atoms with E-state index in [1.807, 2.05) is 61.5 Å². The van der Waals surface area contributed by atoms with Gasteiger partial charge in [-0.1, -0.05) is 55.5 Å². The Morgan fingerprint density at radius 2 is 1.87 bits per heavy atom. The SMILES string of the molecule is CCC(/C=C/C(=O)N[C@@H](Cc1ccccc1)C(=O)OC)=C\c1ccc2c(c1)OCO2. The molecule has 1 aliphatic rings. The van der Waals surface area contributed by atoms with Gasteiger partial charge in [0.25, 0.3) is 0 Å². The highest BCUT2D eigenvalue weighted by atomic mass is 16.7. The van der Waals surface area contributed by atoms with Crippen LogP contribution in [0.2, 0.25) is 0 Å².